The number of nitrogens with zero attached hydrogens (tertiary/aromatic N) is 1. The van der Waals surface area contributed by atoms with Crippen LogP contribution in [0.2, 0.25) is 0 Å². The summed E-state index contributed by atoms with van der Waals surface area (Å²) in [6, 6.07) is 0. The van der Waals surface area contributed by atoms with Gasteiger partial charge in [-0.05, 0) is 56.0 Å². The molecule has 0 radical (unpaired) electrons. The minimum Gasteiger partial charge on any atom is -0.309 e. The van der Waals surface area contributed by atoms with E-state index in [-0.39, 0.29) is 0 Å². The van der Waals surface area contributed by atoms with Crippen molar-refractivity contribution in [3.05, 3.63) is 0 Å². The normalized spacial score (nSPS) is 45.0. The van der Waals surface area contributed by atoms with Gasteiger partial charge in [0.25, 0.3) is 0 Å². The molecule has 4 unspecified atom stereocenters. The van der Waals surface area contributed by atoms with E-state index < -0.39 is 0 Å². The maximum Gasteiger partial charge on any atom is 0.000652 e. The van der Waals surface area contributed by atoms with Gasteiger partial charge in [-0.1, -0.05) is 20.8 Å². The zero-order valence-electron chi connectivity index (χ0n) is 10.4. The minimum absolute atomic E-state index is 0.608. The SMILES string of the molecule is CC1C2C(CN(C)C)CC2CC1(C)C. The fourth-order valence-electron chi connectivity index (χ4n) is 3.98. The Hall–Kier alpha value is -0.0400. The fraction of sp³-hybridized carbons (Fsp3) is 1.00. The number of hydrogen-bond acceptors (Lipinski definition) is 1. The van der Waals surface area contributed by atoms with Gasteiger partial charge in [0.1, 0.15) is 0 Å². The summed E-state index contributed by atoms with van der Waals surface area (Å²) in [6.45, 7) is 8.71. The summed E-state index contributed by atoms with van der Waals surface area (Å²) >= 11 is 0. The van der Waals surface area contributed by atoms with Crippen LogP contribution < -0.4 is 0 Å². The van der Waals surface area contributed by atoms with E-state index in [1.165, 1.54) is 19.4 Å². The topological polar surface area (TPSA) is 3.24 Å². The lowest BCUT2D eigenvalue weighted by molar-refractivity contribution is 0.0462. The van der Waals surface area contributed by atoms with E-state index in [2.05, 4.69) is 39.8 Å². The zero-order chi connectivity index (χ0) is 10.5. The molecule has 0 saturated heterocycles. The van der Waals surface area contributed by atoms with Gasteiger partial charge in [-0.2, -0.15) is 0 Å². The first kappa shape index (κ1) is 10.5. The molecule has 82 valence electrons. The molecule has 1 heteroatoms. The number of fused-ring (bicyclic) bond motifs is 1. The van der Waals surface area contributed by atoms with Crippen LogP contribution in [0.1, 0.15) is 33.6 Å². The Morgan fingerprint density at radius 1 is 1.29 bits per heavy atom. The van der Waals surface area contributed by atoms with E-state index in [0.717, 1.165) is 23.7 Å². The third-order valence-electron chi connectivity index (χ3n) is 4.89. The Bertz CT molecular complexity index is 219. The van der Waals surface area contributed by atoms with Gasteiger partial charge < -0.3 is 4.90 Å². The summed E-state index contributed by atoms with van der Waals surface area (Å²) in [5.74, 6) is 4.02. The van der Waals surface area contributed by atoms with Crippen molar-refractivity contribution >= 4 is 0 Å². The van der Waals surface area contributed by atoms with Gasteiger partial charge in [-0.3, -0.25) is 0 Å². The first-order valence-corrected chi connectivity index (χ1v) is 6.06. The highest BCUT2D eigenvalue weighted by molar-refractivity contribution is 5.04. The Morgan fingerprint density at radius 2 is 1.93 bits per heavy atom. The largest absolute Gasteiger partial charge is 0.309 e. The molecule has 0 N–H and O–H groups in total. The Labute approximate surface area is 88.9 Å². The molecule has 14 heavy (non-hydrogen) atoms. The van der Waals surface area contributed by atoms with E-state index in [1.54, 1.807) is 0 Å². The molecule has 0 amide bonds. The molecule has 2 rings (SSSR count). The summed E-state index contributed by atoms with van der Waals surface area (Å²) in [5, 5.41) is 0. The van der Waals surface area contributed by atoms with Crippen LogP contribution in [0.4, 0.5) is 0 Å². The number of rotatable bonds is 2. The highest BCUT2D eigenvalue weighted by atomic mass is 15.1. The minimum atomic E-state index is 0.608. The summed E-state index contributed by atoms with van der Waals surface area (Å²) in [5.41, 5.74) is 0.608. The summed E-state index contributed by atoms with van der Waals surface area (Å²) in [4.78, 5) is 2.36. The van der Waals surface area contributed by atoms with Gasteiger partial charge in [0.05, 0.1) is 0 Å². The first-order valence-electron chi connectivity index (χ1n) is 6.06. The molecule has 1 nitrogen and oxygen atoms in total. The molecule has 0 heterocycles. The van der Waals surface area contributed by atoms with E-state index in [9.17, 15) is 0 Å². The van der Waals surface area contributed by atoms with Gasteiger partial charge in [0, 0.05) is 6.54 Å². The molecule has 2 fully saturated rings. The molecule has 0 aliphatic heterocycles. The second kappa shape index (κ2) is 3.23. The maximum atomic E-state index is 2.48. The van der Waals surface area contributed by atoms with Crippen molar-refractivity contribution in [2.75, 3.05) is 20.6 Å². The molecule has 4 atom stereocenters. The lowest BCUT2D eigenvalue weighted by atomic mass is 9.63. The smallest absolute Gasteiger partial charge is 0.000652 e. The second-order valence-corrected chi connectivity index (χ2v) is 6.58. The summed E-state index contributed by atoms with van der Waals surface area (Å²) in [6.07, 6.45) is 2.97. The highest BCUT2D eigenvalue weighted by Gasteiger charge is 2.54. The van der Waals surface area contributed by atoms with Gasteiger partial charge >= 0.3 is 0 Å². The van der Waals surface area contributed by atoms with Crippen molar-refractivity contribution in [3.8, 4) is 0 Å². The molecule has 0 aromatic heterocycles. The molecular formula is C13H25N. The quantitative estimate of drug-likeness (QED) is 0.655. The van der Waals surface area contributed by atoms with Gasteiger partial charge in [0.15, 0.2) is 0 Å². The summed E-state index contributed by atoms with van der Waals surface area (Å²) in [7, 11) is 4.41. The van der Waals surface area contributed by atoms with Crippen LogP contribution in [0, 0.1) is 29.1 Å². The Kier molecular flexibility index (Phi) is 2.42. The third kappa shape index (κ3) is 1.50. The highest BCUT2D eigenvalue weighted by Crippen LogP contribution is 2.61. The van der Waals surface area contributed by atoms with Crippen LogP contribution in [0.15, 0.2) is 0 Å². The molecule has 2 saturated carbocycles. The lowest BCUT2D eigenvalue weighted by Crippen LogP contribution is -2.42. The molecular weight excluding hydrogens is 170 g/mol. The predicted molar refractivity (Wildman–Crippen MR) is 61.2 cm³/mol. The van der Waals surface area contributed by atoms with Crippen LogP contribution in [0.25, 0.3) is 0 Å². The second-order valence-electron chi connectivity index (χ2n) is 6.58. The van der Waals surface area contributed by atoms with E-state index in [0.29, 0.717) is 5.41 Å². The van der Waals surface area contributed by atoms with Crippen LogP contribution in [-0.2, 0) is 0 Å². The van der Waals surface area contributed by atoms with Crippen LogP contribution in [0.3, 0.4) is 0 Å². The molecule has 2 aliphatic rings. The average Bonchev–Trinajstić information content (AvgIpc) is 2.16. The molecule has 0 aromatic carbocycles. The molecule has 0 aromatic rings. The van der Waals surface area contributed by atoms with Crippen molar-refractivity contribution < 1.29 is 0 Å². The maximum absolute atomic E-state index is 2.48. The van der Waals surface area contributed by atoms with Crippen molar-refractivity contribution in [1.29, 1.82) is 0 Å². The van der Waals surface area contributed by atoms with E-state index in [4.69, 9.17) is 0 Å². The van der Waals surface area contributed by atoms with Crippen molar-refractivity contribution in [2.45, 2.75) is 33.6 Å². The molecule has 2 aliphatic carbocycles. The zero-order valence-corrected chi connectivity index (χ0v) is 10.4. The van der Waals surface area contributed by atoms with Crippen LogP contribution in [0.5, 0.6) is 0 Å². The van der Waals surface area contributed by atoms with Crippen LogP contribution in [-0.4, -0.2) is 25.5 Å². The average molecular weight is 195 g/mol. The molecule has 0 bridgehead atoms. The van der Waals surface area contributed by atoms with Crippen molar-refractivity contribution in [2.24, 2.45) is 29.1 Å². The van der Waals surface area contributed by atoms with Gasteiger partial charge in [-0.25, -0.2) is 0 Å². The van der Waals surface area contributed by atoms with E-state index in [1.807, 2.05) is 0 Å². The lowest BCUT2D eigenvalue weighted by Gasteiger charge is -2.44. The van der Waals surface area contributed by atoms with Crippen molar-refractivity contribution in [3.63, 3.8) is 0 Å². The van der Waals surface area contributed by atoms with Crippen LogP contribution >= 0.6 is 0 Å². The predicted octanol–water partition coefficient (Wildman–Crippen LogP) is 2.87. The summed E-state index contributed by atoms with van der Waals surface area (Å²) < 4.78 is 0. The Morgan fingerprint density at radius 3 is 2.43 bits per heavy atom. The first-order chi connectivity index (χ1) is 6.42. The van der Waals surface area contributed by atoms with Gasteiger partial charge in [-0.15, -0.1) is 0 Å². The third-order valence-corrected chi connectivity index (χ3v) is 4.89. The molecule has 0 spiro atoms. The number of hydrogen-bond donors (Lipinski definition) is 0. The van der Waals surface area contributed by atoms with Gasteiger partial charge in [0.2, 0.25) is 0 Å². The Balaban J connectivity index is 1.99. The van der Waals surface area contributed by atoms with E-state index >= 15 is 0 Å². The van der Waals surface area contributed by atoms with Crippen molar-refractivity contribution in [1.82, 2.24) is 4.90 Å². The fourth-order valence-corrected chi connectivity index (χ4v) is 3.98. The monoisotopic (exact) mass is 195 g/mol. The standard InChI is InChI=1S/C13H25N/c1-9-12-10(7-13(9,2)3)6-11(12)8-14(4)5/h9-12H,6-8H2,1-5H3.